The van der Waals surface area contributed by atoms with Gasteiger partial charge in [0.1, 0.15) is 0 Å². The summed E-state index contributed by atoms with van der Waals surface area (Å²) >= 11 is 3.58. The van der Waals surface area contributed by atoms with Gasteiger partial charge in [0.15, 0.2) is 5.82 Å². The monoisotopic (exact) mass is 525 g/mol. The molecule has 4 aromatic rings. The minimum Gasteiger partial charge on any atom is -0.335 e. The zero-order valence-electron chi connectivity index (χ0n) is 20.0. The van der Waals surface area contributed by atoms with E-state index < -0.39 is 5.54 Å². The van der Waals surface area contributed by atoms with Gasteiger partial charge in [-0.1, -0.05) is 72.3 Å². The van der Waals surface area contributed by atoms with Crippen LogP contribution in [0.2, 0.25) is 0 Å². The third kappa shape index (κ3) is 3.60. The number of ketones is 1. The zero-order valence-corrected chi connectivity index (χ0v) is 21.6. The Kier molecular flexibility index (Phi) is 5.50. The number of Topliss-reactive ketones (excluding diaryl/α,β-unsaturated/α-hetero) is 1. The molecule has 6 rings (SSSR count). The number of carbonyl (C=O) groups is 1. The number of aromatic amines is 1. The number of halogens is 1. The van der Waals surface area contributed by atoms with Crippen molar-refractivity contribution in [3.05, 3.63) is 87.0 Å². The molecule has 1 saturated heterocycles. The number of rotatable bonds is 5. The van der Waals surface area contributed by atoms with Crippen LogP contribution in [0.25, 0.3) is 33.8 Å². The lowest BCUT2D eigenvalue weighted by Gasteiger charge is -2.25. The number of H-pyrrole nitrogens is 1. The van der Waals surface area contributed by atoms with Crippen molar-refractivity contribution in [1.82, 2.24) is 15.3 Å². The molecule has 0 radical (unpaired) electrons. The standard InChI is InChI=1S/C30H28BrN3O/c1-3-18(2)22-14-11-20-17-30(15-6-16-32-30)27(26(20)25(22)19-9-12-21(31)13-10-19)28(35)29-33-23-7-4-5-8-24(23)34-29/h4-5,7-14,17-18,32H,3,6,15-16H2,1-2H3,(H,33,34). The van der Waals surface area contributed by atoms with Crippen molar-refractivity contribution in [3.8, 4) is 11.1 Å². The van der Waals surface area contributed by atoms with Gasteiger partial charge in [-0.25, -0.2) is 4.98 Å². The third-order valence-corrected chi connectivity index (χ3v) is 8.19. The number of fused-ring (bicyclic) bond motifs is 2. The van der Waals surface area contributed by atoms with Crippen molar-refractivity contribution in [3.63, 3.8) is 0 Å². The lowest BCUT2D eigenvalue weighted by molar-refractivity contribution is 0.103. The van der Waals surface area contributed by atoms with E-state index in [0.717, 1.165) is 62.9 Å². The van der Waals surface area contributed by atoms with E-state index in [1.807, 2.05) is 24.3 Å². The van der Waals surface area contributed by atoms with E-state index in [0.29, 0.717) is 11.7 Å². The molecule has 2 atom stereocenters. The van der Waals surface area contributed by atoms with Gasteiger partial charge in [0.25, 0.3) is 0 Å². The highest BCUT2D eigenvalue weighted by Gasteiger charge is 2.43. The molecule has 1 fully saturated rings. The predicted molar refractivity (Wildman–Crippen MR) is 146 cm³/mol. The van der Waals surface area contributed by atoms with Crippen LogP contribution >= 0.6 is 15.9 Å². The van der Waals surface area contributed by atoms with E-state index in [1.165, 1.54) is 11.1 Å². The van der Waals surface area contributed by atoms with Crippen LogP contribution in [-0.4, -0.2) is 27.8 Å². The maximum absolute atomic E-state index is 14.3. The molecule has 2 heterocycles. The van der Waals surface area contributed by atoms with Crippen LogP contribution in [0.4, 0.5) is 0 Å². The van der Waals surface area contributed by atoms with Gasteiger partial charge in [-0.15, -0.1) is 0 Å². The molecule has 1 spiro atoms. The second-order valence-corrected chi connectivity index (χ2v) is 10.7. The fourth-order valence-electron chi connectivity index (χ4n) is 5.74. The summed E-state index contributed by atoms with van der Waals surface area (Å²) in [4.78, 5) is 22.3. The molecule has 0 saturated carbocycles. The first-order valence-electron chi connectivity index (χ1n) is 12.4. The number of benzene rings is 3. The highest BCUT2D eigenvalue weighted by atomic mass is 79.9. The van der Waals surface area contributed by atoms with Crippen LogP contribution in [0.3, 0.4) is 0 Å². The fraction of sp³-hybridized carbons (Fsp3) is 0.267. The van der Waals surface area contributed by atoms with Crippen LogP contribution in [-0.2, 0) is 0 Å². The molecule has 2 unspecified atom stereocenters. The van der Waals surface area contributed by atoms with E-state index in [2.05, 4.69) is 82.6 Å². The number of hydrogen-bond acceptors (Lipinski definition) is 3. The summed E-state index contributed by atoms with van der Waals surface area (Å²) in [5.74, 6) is 0.756. The van der Waals surface area contributed by atoms with E-state index in [9.17, 15) is 4.79 Å². The molecule has 4 nitrogen and oxygen atoms in total. The molecule has 0 amide bonds. The number of hydrogen-bond donors (Lipinski definition) is 2. The summed E-state index contributed by atoms with van der Waals surface area (Å²) in [7, 11) is 0. The Bertz CT molecular complexity index is 1540. The van der Waals surface area contributed by atoms with Crippen molar-refractivity contribution in [2.45, 2.75) is 44.6 Å². The second kappa shape index (κ2) is 8.58. The lowest BCUT2D eigenvalue weighted by atomic mass is 9.84. The molecule has 3 aromatic carbocycles. The zero-order chi connectivity index (χ0) is 24.2. The highest BCUT2D eigenvalue weighted by molar-refractivity contribution is 9.10. The third-order valence-electron chi connectivity index (χ3n) is 7.66. The molecule has 1 aliphatic heterocycles. The first-order chi connectivity index (χ1) is 17.0. The van der Waals surface area contributed by atoms with Gasteiger partial charge in [0.05, 0.1) is 16.6 Å². The maximum Gasteiger partial charge on any atom is 0.227 e. The average Bonchev–Trinajstić information content (AvgIpc) is 3.60. The van der Waals surface area contributed by atoms with Crippen LogP contribution in [0.5, 0.6) is 0 Å². The van der Waals surface area contributed by atoms with Crippen LogP contribution in [0.15, 0.2) is 65.1 Å². The van der Waals surface area contributed by atoms with Gasteiger partial charge in [0, 0.05) is 10.0 Å². The number of nitrogens with zero attached hydrogens (tertiary/aromatic N) is 1. The Morgan fingerprint density at radius 1 is 1.11 bits per heavy atom. The van der Waals surface area contributed by atoms with Crippen LogP contribution in [0, 0.1) is 0 Å². The van der Waals surface area contributed by atoms with Crippen LogP contribution < -0.4 is 15.8 Å². The van der Waals surface area contributed by atoms with E-state index >= 15 is 0 Å². The maximum atomic E-state index is 14.3. The molecule has 176 valence electrons. The van der Waals surface area contributed by atoms with Crippen LogP contribution in [0.1, 0.15) is 55.2 Å². The SMILES string of the molecule is CCC(C)c1ccc2c(c1-c1ccc(Br)cc1)=C(C(=O)c1nc3ccccc3[nH]1)C1(C=2)CCCN1. The lowest BCUT2D eigenvalue weighted by Crippen LogP contribution is -2.41. The van der Waals surface area contributed by atoms with Crippen molar-refractivity contribution in [2.75, 3.05) is 6.54 Å². The normalized spacial score (nSPS) is 19.8. The first-order valence-corrected chi connectivity index (χ1v) is 13.2. The first kappa shape index (κ1) is 22.4. The molecule has 2 aliphatic rings. The van der Waals surface area contributed by atoms with Crippen molar-refractivity contribution < 1.29 is 4.79 Å². The number of carbonyl (C=O) groups excluding carboxylic acids is 1. The Labute approximate surface area is 213 Å². The van der Waals surface area contributed by atoms with E-state index in [-0.39, 0.29) is 5.78 Å². The van der Waals surface area contributed by atoms with Gasteiger partial charge in [0.2, 0.25) is 5.78 Å². The Hall–Kier alpha value is -3.02. The summed E-state index contributed by atoms with van der Waals surface area (Å²) in [5, 5.41) is 5.89. The average molecular weight is 526 g/mol. The van der Waals surface area contributed by atoms with Crippen molar-refractivity contribution in [2.24, 2.45) is 0 Å². The Balaban J connectivity index is 1.70. The molecule has 1 aliphatic carbocycles. The largest absolute Gasteiger partial charge is 0.335 e. The fourth-order valence-corrected chi connectivity index (χ4v) is 6.01. The number of para-hydroxylation sites is 2. The van der Waals surface area contributed by atoms with Gasteiger partial charge in [-0.05, 0) is 83.1 Å². The van der Waals surface area contributed by atoms with Crippen molar-refractivity contribution >= 4 is 44.4 Å². The Morgan fingerprint density at radius 3 is 2.63 bits per heavy atom. The molecule has 1 aromatic heterocycles. The molecule has 5 heteroatoms. The summed E-state index contributed by atoms with van der Waals surface area (Å²) < 4.78 is 1.04. The summed E-state index contributed by atoms with van der Waals surface area (Å²) in [5.41, 5.74) is 5.65. The Morgan fingerprint density at radius 2 is 1.91 bits per heavy atom. The summed E-state index contributed by atoms with van der Waals surface area (Å²) in [6.07, 6.45) is 5.25. The summed E-state index contributed by atoms with van der Waals surface area (Å²) in [6, 6.07) is 20.8. The second-order valence-electron chi connectivity index (χ2n) is 9.76. The number of aromatic nitrogens is 2. The topological polar surface area (TPSA) is 57.8 Å². The van der Waals surface area contributed by atoms with E-state index in [4.69, 9.17) is 4.98 Å². The minimum absolute atomic E-state index is 0.0229. The predicted octanol–water partition coefficient (Wildman–Crippen LogP) is 5.46. The van der Waals surface area contributed by atoms with Gasteiger partial charge < -0.3 is 10.3 Å². The van der Waals surface area contributed by atoms with Gasteiger partial charge in [-0.3, -0.25) is 4.79 Å². The molecular weight excluding hydrogens is 498 g/mol. The molecular formula is C30H28BrN3O. The summed E-state index contributed by atoms with van der Waals surface area (Å²) in [6.45, 7) is 5.39. The highest BCUT2D eigenvalue weighted by Crippen LogP contribution is 2.37. The number of imidazole rings is 1. The quantitative estimate of drug-likeness (QED) is 0.340. The molecule has 2 N–H and O–H groups in total. The smallest absolute Gasteiger partial charge is 0.227 e. The molecule has 35 heavy (non-hydrogen) atoms. The van der Waals surface area contributed by atoms with Crippen molar-refractivity contribution in [1.29, 1.82) is 0 Å². The number of nitrogens with one attached hydrogen (secondary N) is 2. The van der Waals surface area contributed by atoms with Gasteiger partial charge in [-0.2, -0.15) is 0 Å². The molecule has 0 bridgehead atoms. The van der Waals surface area contributed by atoms with Gasteiger partial charge >= 0.3 is 0 Å². The van der Waals surface area contributed by atoms with E-state index in [1.54, 1.807) is 0 Å². The minimum atomic E-state index is -0.462.